The van der Waals surface area contributed by atoms with Gasteiger partial charge < -0.3 is 16.2 Å². The minimum atomic E-state index is -2.80. The summed E-state index contributed by atoms with van der Waals surface area (Å²) in [6.07, 6.45) is -3.35. The van der Waals surface area contributed by atoms with E-state index < -0.39 is 12.5 Å². The van der Waals surface area contributed by atoms with E-state index >= 15 is 0 Å². The Bertz CT molecular complexity index is 339. The van der Waals surface area contributed by atoms with Gasteiger partial charge in [0.15, 0.2) is 0 Å². The molecule has 0 aromatic carbocycles. The van der Waals surface area contributed by atoms with E-state index in [1.807, 2.05) is 0 Å². The van der Waals surface area contributed by atoms with Gasteiger partial charge in [-0.2, -0.15) is 0 Å². The monoisotopic (exact) mass is 282 g/mol. The van der Waals surface area contributed by atoms with Crippen LogP contribution in [0, 0.1) is 0 Å². The number of aliphatic hydroxyl groups excluding tert-OH is 1. The highest BCUT2D eigenvalue weighted by Crippen LogP contribution is 2.23. The minimum absolute atomic E-state index is 0.194. The Balaban J connectivity index is 2.62. The maximum absolute atomic E-state index is 12.0. The van der Waals surface area contributed by atoms with Gasteiger partial charge in [-0.1, -0.05) is 0 Å². The van der Waals surface area contributed by atoms with Gasteiger partial charge in [-0.15, -0.1) is 0 Å². The van der Waals surface area contributed by atoms with Crippen LogP contribution in [0.2, 0.25) is 0 Å². The molecule has 0 fully saturated rings. The Morgan fingerprint density at radius 3 is 2.80 bits per heavy atom. The van der Waals surface area contributed by atoms with Crippen molar-refractivity contribution in [3.05, 3.63) is 10.8 Å². The molecule has 0 saturated heterocycles. The first-order chi connectivity index (χ1) is 7.02. The summed E-state index contributed by atoms with van der Waals surface area (Å²) in [6.45, 7) is -0.313. The van der Waals surface area contributed by atoms with E-state index in [0.29, 0.717) is 4.47 Å². The van der Waals surface area contributed by atoms with Crippen LogP contribution < -0.4 is 11.1 Å². The van der Waals surface area contributed by atoms with E-state index in [4.69, 9.17) is 10.8 Å². The first kappa shape index (κ1) is 12.1. The summed E-state index contributed by atoms with van der Waals surface area (Å²) in [7, 11) is 0. The van der Waals surface area contributed by atoms with Crippen molar-refractivity contribution in [2.24, 2.45) is 0 Å². The van der Waals surface area contributed by atoms with E-state index in [-0.39, 0.29) is 18.2 Å². The summed E-state index contributed by atoms with van der Waals surface area (Å²) in [5.41, 5.74) is 5.44. The maximum Gasteiger partial charge on any atom is 0.265 e. The zero-order valence-corrected chi connectivity index (χ0v) is 9.08. The van der Waals surface area contributed by atoms with Gasteiger partial charge in [-0.25, -0.2) is 18.7 Å². The lowest BCUT2D eigenvalue weighted by Gasteiger charge is -2.12. The second-order valence-corrected chi connectivity index (χ2v) is 3.50. The molecule has 1 aromatic heterocycles. The Morgan fingerprint density at radius 2 is 2.20 bits per heavy atom. The van der Waals surface area contributed by atoms with Crippen molar-refractivity contribution in [1.29, 1.82) is 0 Å². The Hall–Kier alpha value is -1.02. The standard InChI is InChI=1S/C7H9BrF2N4O/c8-4-6(11)13-2-14-7(4)12-1-3(15)5(9)10/h2-3,5,15H,1H2,(H3,11,12,13,14). The summed E-state index contributed by atoms with van der Waals surface area (Å²) in [5.74, 6) is 0.459. The molecule has 0 aliphatic heterocycles. The molecule has 1 rings (SSSR count). The lowest BCUT2D eigenvalue weighted by atomic mass is 10.3. The van der Waals surface area contributed by atoms with Gasteiger partial charge in [0.25, 0.3) is 6.43 Å². The first-order valence-electron chi connectivity index (χ1n) is 3.98. The third-order valence-corrected chi connectivity index (χ3v) is 2.37. The fourth-order valence-electron chi connectivity index (χ4n) is 0.797. The second-order valence-electron chi connectivity index (χ2n) is 2.70. The number of hydrogen-bond donors (Lipinski definition) is 3. The molecule has 1 unspecified atom stereocenters. The van der Waals surface area contributed by atoms with Crippen molar-refractivity contribution in [3.63, 3.8) is 0 Å². The first-order valence-corrected chi connectivity index (χ1v) is 4.77. The smallest absolute Gasteiger partial charge is 0.265 e. The SMILES string of the molecule is Nc1ncnc(NCC(O)C(F)F)c1Br. The Labute approximate surface area is 92.8 Å². The van der Waals surface area contributed by atoms with Crippen LogP contribution in [0.3, 0.4) is 0 Å². The van der Waals surface area contributed by atoms with Gasteiger partial charge >= 0.3 is 0 Å². The average Bonchev–Trinajstić information content (AvgIpc) is 2.19. The van der Waals surface area contributed by atoms with Gasteiger partial charge in [-0.05, 0) is 15.9 Å². The van der Waals surface area contributed by atoms with Crippen molar-refractivity contribution < 1.29 is 13.9 Å². The van der Waals surface area contributed by atoms with Crippen molar-refractivity contribution >= 4 is 27.6 Å². The molecule has 84 valence electrons. The van der Waals surface area contributed by atoms with Crippen LogP contribution in [0.25, 0.3) is 0 Å². The molecule has 0 aliphatic carbocycles. The summed E-state index contributed by atoms with van der Waals surface area (Å²) >= 11 is 3.09. The third kappa shape index (κ3) is 3.24. The average molecular weight is 283 g/mol. The lowest BCUT2D eigenvalue weighted by Crippen LogP contribution is -2.27. The van der Waals surface area contributed by atoms with E-state index in [1.165, 1.54) is 6.33 Å². The number of rotatable bonds is 4. The largest absolute Gasteiger partial charge is 0.385 e. The molecular formula is C7H9BrF2N4O. The zero-order valence-electron chi connectivity index (χ0n) is 7.49. The quantitative estimate of drug-likeness (QED) is 0.763. The number of nitrogens with two attached hydrogens (primary N) is 1. The molecule has 1 atom stereocenters. The number of nitrogens with zero attached hydrogens (tertiary/aromatic N) is 2. The lowest BCUT2D eigenvalue weighted by molar-refractivity contribution is 0.00380. The normalized spacial score (nSPS) is 12.9. The Morgan fingerprint density at radius 1 is 1.53 bits per heavy atom. The fraction of sp³-hybridized carbons (Fsp3) is 0.429. The maximum atomic E-state index is 12.0. The van der Waals surface area contributed by atoms with Crippen molar-refractivity contribution in [2.45, 2.75) is 12.5 Å². The van der Waals surface area contributed by atoms with Crippen molar-refractivity contribution in [3.8, 4) is 0 Å². The van der Waals surface area contributed by atoms with E-state index in [1.54, 1.807) is 0 Å². The molecule has 1 heterocycles. The van der Waals surface area contributed by atoms with E-state index in [9.17, 15) is 8.78 Å². The predicted molar refractivity (Wildman–Crippen MR) is 54.6 cm³/mol. The van der Waals surface area contributed by atoms with Crippen LogP contribution in [0.4, 0.5) is 20.4 Å². The third-order valence-electron chi connectivity index (χ3n) is 1.59. The molecule has 8 heteroatoms. The number of nitrogens with one attached hydrogen (secondary N) is 1. The van der Waals surface area contributed by atoms with Crippen LogP contribution in [-0.4, -0.2) is 34.1 Å². The number of halogens is 3. The molecule has 0 bridgehead atoms. The number of hydrogen-bond acceptors (Lipinski definition) is 5. The number of anilines is 2. The summed E-state index contributed by atoms with van der Waals surface area (Å²) < 4.78 is 24.3. The molecule has 4 N–H and O–H groups in total. The summed E-state index contributed by atoms with van der Waals surface area (Å²) in [4.78, 5) is 7.44. The molecule has 0 radical (unpaired) electrons. The highest BCUT2D eigenvalue weighted by molar-refractivity contribution is 9.10. The number of alkyl halides is 2. The summed E-state index contributed by atoms with van der Waals surface area (Å²) in [5, 5.41) is 11.4. The molecule has 0 saturated carbocycles. The van der Waals surface area contributed by atoms with E-state index in [2.05, 4.69) is 31.2 Å². The van der Waals surface area contributed by atoms with Gasteiger partial charge in [0, 0.05) is 6.54 Å². The highest BCUT2D eigenvalue weighted by atomic mass is 79.9. The number of nitrogen functional groups attached to an aromatic ring is 1. The molecule has 15 heavy (non-hydrogen) atoms. The van der Waals surface area contributed by atoms with Gasteiger partial charge in [0.2, 0.25) is 0 Å². The van der Waals surface area contributed by atoms with Crippen molar-refractivity contribution in [2.75, 3.05) is 17.6 Å². The molecular weight excluding hydrogens is 274 g/mol. The molecule has 0 amide bonds. The predicted octanol–water partition coefficient (Wildman–Crippen LogP) is 0.859. The van der Waals surface area contributed by atoms with E-state index in [0.717, 1.165) is 0 Å². The molecule has 0 aliphatic rings. The van der Waals surface area contributed by atoms with Crippen LogP contribution >= 0.6 is 15.9 Å². The topological polar surface area (TPSA) is 84.1 Å². The van der Waals surface area contributed by atoms with Crippen LogP contribution in [0.5, 0.6) is 0 Å². The number of aliphatic hydroxyl groups is 1. The second kappa shape index (κ2) is 5.17. The molecule has 1 aromatic rings. The van der Waals surface area contributed by atoms with Gasteiger partial charge in [0.05, 0.1) is 0 Å². The van der Waals surface area contributed by atoms with Crippen LogP contribution in [0.1, 0.15) is 0 Å². The van der Waals surface area contributed by atoms with Crippen LogP contribution in [0.15, 0.2) is 10.8 Å². The minimum Gasteiger partial charge on any atom is -0.385 e. The number of aromatic nitrogens is 2. The zero-order chi connectivity index (χ0) is 11.4. The molecule has 0 spiro atoms. The molecule has 5 nitrogen and oxygen atoms in total. The van der Waals surface area contributed by atoms with Gasteiger partial charge in [0.1, 0.15) is 28.5 Å². The highest BCUT2D eigenvalue weighted by Gasteiger charge is 2.17. The van der Waals surface area contributed by atoms with Gasteiger partial charge in [-0.3, -0.25) is 0 Å². The van der Waals surface area contributed by atoms with Crippen molar-refractivity contribution in [1.82, 2.24) is 9.97 Å². The fourth-order valence-corrected chi connectivity index (χ4v) is 1.14. The summed E-state index contributed by atoms with van der Waals surface area (Å²) in [6, 6.07) is 0. The van der Waals surface area contributed by atoms with Crippen LogP contribution in [-0.2, 0) is 0 Å². The Kier molecular flexibility index (Phi) is 4.15.